The summed E-state index contributed by atoms with van der Waals surface area (Å²) in [6.07, 6.45) is 6.30. The zero-order chi connectivity index (χ0) is 20.8. The molecule has 0 saturated heterocycles. The Kier molecular flexibility index (Phi) is 6.60. The van der Waals surface area contributed by atoms with E-state index in [1.807, 2.05) is 12.3 Å². The van der Waals surface area contributed by atoms with Gasteiger partial charge in [0.1, 0.15) is 0 Å². The zero-order valence-corrected chi connectivity index (χ0v) is 18.0. The summed E-state index contributed by atoms with van der Waals surface area (Å²) in [6, 6.07) is 21.6. The standard InChI is InChI=1S/C27H31N3/c1-20-17-21(2)19-22(18-20)27-25(24-11-3-4-12-26(24)30-27)13-16-28-14-7-5-9-23-10-6-8-15-29-23/h3-4,6,8,10-12,15,17-19,28,30H,5,7,9,13-14,16H2,1-2H3. The van der Waals surface area contributed by atoms with E-state index in [0.717, 1.165) is 25.9 Å². The molecule has 2 N–H and O–H groups in total. The first-order chi connectivity index (χ1) is 14.7. The highest BCUT2D eigenvalue weighted by atomic mass is 14.8. The van der Waals surface area contributed by atoms with Crippen LogP contribution in [0.2, 0.25) is 0 Å². The normalized spacial score (nSPS) is 11.3. The van der Waals surface area contributed by atoms with E-state index in [1.54, 1.807) is 0 Å². The SMILES string of the molecule is Cc1cc(C)cc(-c2[nH]c3ccccc3c2CCNCCCCc2ccccn2)c1. The van der Waals surface area contributed by atoms with Crippen molar-refractivity contribution in [3.05, 3.63) is 89.2 Å². The first kappa shape index (κ1) is 20.4. The fraction of sp³-hybridized carbons (Fsp3) is 0.296. The Labute approximate surface area is 179 Å². The molecule has 2 heterocycles. The maximum Gasteiger partial charge on any atom is 0.0498 e. The van der Waals surface area contributed by atoms with Crippen LogP contribution < -0.4 is 5.32 Å². The maximum atomic E-state index is 4.40. The minimum atomic E-state index is 0.989. The van der Waals surface area contributed by atoms with Crippen molar-refractivity contribution in [3.8, 4) is 11.3 Å². The van der Waals surface area contributed by atoms with Gasteiger partial charge < -0.3 is 10.3 Å². The van der Waals surface area contributed by atoms with Gasteiger partial charge in [-0.3, -0.25) is 4.98 Å². The molecule has 0 aliphatic carbocycles. The molecule has 0 radical (unpaired) electrons. The summed E-state index contributed by atoms with van der Waals surface area (Å²) in [5, 5.41) is 4.98. The number of nitrogens with one attached hydrogen (secondary N) is 2. The van der Waals surface area contributed by atoms with Gasteiger partial charge in [0, 0.05) is 28.5 Å². The van der Waals surface area contributed by atoms with Crippen LogP contribution in [0.4, 0.5) is 0 Å². The molecule has 0 saturated carbocycles. The Morgan fingerprint density at radius 3 is 2.43 bits per heavy atom. The zero-order valence-electron chi connectivity index (χ0n) is 18.0. The first-order valence-corrected chi connectivity index (χ1v) is 11.0. The molecule has 0 bridgehead atoms. The number of H-pyrrole nitrogens is 1. The Morgan fingerprint density at radius 2 is 1.63 bits per heavy atom. The van der Waals surface area contributed by atoms with Gasteiger partial charge in [-0.25, -0.2) is 0 Å². The predicted molar refractivity (Wildman–Crippen MR) is 127 cm³/mol. The highest BCUT2D eigenvalue weighted by molar-refractivity contribution is 5.91. The third-order valence-corrected chi connectivity index (χ3v) is 5.64. The molecule has 4 rings (SSSR count). The molecular formula is C27H31N3. The molecule has 30 heavy (non-hydrogen) atoms. The number of hydrogen-bond acceptors (Lipinski definition) is 2. The lowest BCUT2D eigenvalue weighted by atomic mass is 9.99. The molecule has 3 nitrogen and oxygen atoms in total. The molecule has 2 aromatic carbocycles. The van der Waals surface area contributed by atoms with E-state index < -0.39 is 0 Å². The fourth-order valence-corrected chi connectivity index (χ4v) is 4.27. The lowest BCUT2D eigenvalue weighted by molar-refractivity contribution is 0.620. The number of unbranched alkanes of at least 4 members (excludes halogenated alkanes) is 1. The number of pyridine rings is 1. The van der Waals surface area contributed by atoms with Gasteiger partial charge in [-0.2, -0.15) is 0 Å². The van der Waals surface area contributed by atoms with Crippen LogP contribution in [0.3, 0.4) is 0 Å². The molecule has 0 spiro atoms. The summed E-state index contributed by atoms with van der Waals surface area (Å²) < 4.78 is 0. The summed E-state index contributed by atoms with van der Waals surface area (Å²) in [4.78, 5) is 8.08. The van der Waals surface area contributed by atoms with Crippen LogP contribution in [-0.4, -0.2) is 23.1 Å². The third-order valence-electron chi connectivity index (χ3n) is 5.64. The van der Waals surface area contributed by atoms with Crippen molar-refractivity contribution < 1.29 is 0 Å². The summed E-state index contributed by atoms with van der Waals surface area (Å²) >= 11 is 0. The number of benzene rings is 2. The Hall–Kier alpha value is -2.91. The largest absolute Gasteiger partial charge is 0.354 e. The number of hydrogen-bond donors (Lipinski definition) is 2. The second-order valence-electron chi connectivity index (χ2n) is 8.18. The van der Waals surface area contributed by atoms with Crippen molar-refractivity contribution in [1.29, 1.82) is 0 Å². The van der Waals surface area contributed by atoms with Crippen LogP contribution >= 0.6 is 0 Å². The lowest BCUT2D eigenvalue weighted by Crippen LogP contribution is -2.18. The van der Waals surface area contributed by atoms with E-state index in [1.165, 1.54) is 57.4 Å². The Morgan fingerprint density at radius 1 is 0.833 bits per heavy atom. The van der Waals surface area contributed by atoms with Gasteiger partial charge >= 0.3 is 0 Å². The van der Waals surface area contributed by atoms with Crippen LogP contribution in [0.5, 0.6) is 0 Å². The quantitative estimate of drug-likeness (QED) is 0.340. The van der Waals surface area contributed by atoms with Crippen LogP contribution in [0.15, 0.2) is 66.9 Å². The number of fused-ring (bicyclic) bond motifs is 1. The number of nitrogens with zero attached hydrogens (tertiary/aromatic N) is 1. The highest BCUT2D eigenvalue weighted by Crippen LogP contribution is 2.31. The number of para-hydroxylation sites is 1. The lowest BCUT2D eigenvalue weighted by Gasteiger charge is -2.09. The summed E-state index contributed by atoms with van der Waals surface area (Å²) in [5.74, 6) is 0. The second kappa shape index (κ2) is 9.73. The van der Waals surface area contributed by atoms with Crippen molar-refractivity contribution in [1.82, 2.24) is 15.3 Å². The van der Waals surface area contributed by atoms with Crippen molar-refractivity contribution in [2.45, 2.75) is 39.5 Å². The van der Waals surface area contributed by atoms with E-state index >= 15 is 0 Å². The fourth-order valence-electron chi connectivity index (χ4n) is 4.27. The first-order valence-electron chi connectivity index (χ1n) is 11.0. The molecule has 0 unspecified atom stereocenters. The van der Waals surface area contributed by atoms with E-state index in [4.69, 9.17) is 0 Å². The molecule has 154 valence electrons. The summed E-state index contributed by atoms with van der Waals surface area (Å²) in [7, 11) is 0. The molecule has 4 aromatic rings. The van der Waals surface area contributed by atoms with Crippen molar-refractivity contribution >= 4 is 10.9 Å². The van der Waals surface area contributed by atoms with E-state index in [9.17, 15) is 0 Å². The van der Waals surface area contributed by atoms with E-state index in [2.05, 4.69) is 83.7 Å². The van der Waals surface area contributed by atoms with Crippen molar-refractivity contribution in [2.24, 2.45) is 0 Å². The number of rotatable bonds is 9. The number of aromatic nitrogens is 2. The van der Waals surface area contributed by atoms with E-state index in [-0.39, 0.29) is 0 Å². The van der Waals surface area contributed by atoms with Crippen molar-refractivity contribution in [3.63, 3.8) is 0 Å². The molecule has 0 atom stereocenters. The monoisotopic (exact) mass is 397 g/mol. The average molecular weight is 398 g/mol. The van der Waals surface area contributed by atoms with Gasteiger partial charge in [-0.15, -0.1) is 0 Å². The van der Waals surface area contributed by atoms with E-state index in [0.29, 0.717) is 0 Å². The number of aromatic amines is 1. The molecule has 2 aromatic heterocycles. The van der Waals surface area contributed by atoms with Crippen LogP contribution in [0.25, 0.3) is 22.2 Å². The van der Waals surface area contributed by atoms with Crippen molar-refractivity contribution in [2.75, 3.05) is 13.1 Å². The third kappa shape index (κ3) is 4.98. The molecule has 0 fully saturated rings. The highest BCUT2D eigenvalue weighted by Gasteiger charge is 2.13. The minimum absolute atomic E-state index is 0.989. The maximum absolute atomic E-state index is 4.40. The molecule has 0 aliphatic heterocycles. The molecular weight excluding hydrogens is 366 g/mol. The Balaban J connectivity index is 1.38. The van der Waals surface area contributed by atoms with Gasteiger partial charge in [0.2, 0.25) is 0 Å². The molecule has 0 aliphatic rings. The average Bonchev–Trinajstić information content (AvgIpc) is 3.12. The van der Waals surface area contributed by atoms with Gasteiger partial charge in [-0.05, 0) is 94.1 Å². The second-order valence-corrected chi connectivity index (χ2v) is 8.18. The van der Waals surface area contributed by atoms with Crippen LogP contribution in [-0.2, 0) is 12.8 Å². The Bertz CT molecular complexity index is 1080. The molecule has 3 heteroatoms. The number of aryl methyl sites for hydroxylation is 3. The molecule has 0 amide bonds. The summed E-state index contributed by atoms with van der Waals surface area (Å²) in [5.41, 5.74) is 8.98. The van der Waals surface area contributed by atoms with Crippen LogP contribution in [0.1, 0.15) is 35.2 Å². The van der Waals surface area contributed by atoms with Gasteiger partial charge in [0.05, 0.1) is 0 Å². The predicted octanol–water partition coefficient (Wildman–Crippen LogP) is 6.00. The van der Waals surface area contributed by atoms with Gasteiger partial charge in [-0.1, -0.05) is 41.5 Å². The minimum Gasteiger partial charge on any atom is -0.354 e. The van der Waals surface area contributed by atoms with Crippen LogP contribution in [0, 0.1) is 13.8 Å². The topological polar surface area (TPSA) is 40.7 Å². The summed E-state index contributed by atoms with van der Waals surface area (Å²) in [6.45, 7) is 6.38. The smallest absolute Gasteiger partial charge is 0.0498 e. The van der Waals surface area contributed by atoms with Gasteiger partial charge in [0.15, 0.2) is 0 Å². The van der Waals surface area contributed by atoms with Gasteiger partial charge in [0.25, 0.3) is 0 Å².